The van der Waals surface area contributed by atoms with Crippen molar-refractivity contribution >= 4 is 17.5 Å². The Kier molecular flexibility index (Phi) is 4.54. The van der Waals surface area contributed by atoms with E-state index in [4.69, 9.17) is 0 Å². The number of rotatable bonds is 4. The standard InChI is InChI=1S/C21H21N5O/c1-14-11-18(25-21(24-14)23-13-17-8-5-6-10-22-17)20(27)26-15(2)12-16-7-3-4-9-19(16)26/h3-11,15H,12-13H2,1-2H3,(H,23,24,25). The molecule has 1 amide bonds. The van der Waals surface area contributed by atoms with Crippen LogP contribution in [0.25, 0.3) is 0 Å². The van der Waals surface area contributed by atoms with Gasteiger partial charge in [0.15, 0.2) is 0 Å². The van der Waals surface area contributed by atoms with Crippen LogP contribution in [0.1, 0.15) is 34.4 Å². The SMILES string of the molecule is Cc1cc(C(=O)N2c3ccccc3CC2C)nc(NCc2ccccn2)n1. The first-order valence-electron chi connectivity index (χ1n) is 9.03. The topological polar surface area (TPSA) is 71.0 Å². The number of para-hydroxylation sites is 1. The average Bonchev–Trinajstić information content (AvgIpc) is 3.02. The second-order valence-electron chi connectivity index (χ2n) is 6.75. The summed E-state index contributed by atoms with van der Waals surface area (Å²) in [6.07, 6.45) is 2.60. The minimum Gasteiger partial charge on any atom is -0.349 e. The van der Waals surface area contributed by atoms with Crippen molar-refractivity contribution in [2.24, 2.45) is 0 Å². The number of fused-ring (bicyclic) bond motifs is 1. The number of nitrogens with zero attached hydrogens (tertiary/aromatic N) is 4. The van der Waals surface area contributed by atoms with Gasteiger partial charge in [0.25, 0.3) is 5.91 Å². The van der Waals surface area contributed by atoms with Crippen molar-refractivity contribution in [1.82, 2.24) is 15.0 Å². The van der Waals surface area contributed by atoms with Gasteiger partial charge in [0.1, 0.15) is 5.69 Å². The van der Waals surface area contributed by atoms with Gasteiger partial charge >= 0.3 is 0 Å². The van der Waals surface area contributed by atoms with Gasteiger partial charge in [0.05, 0.1) is 12.2 Å². The second kappa shape index (κ2) is 7.15. The van der Waals surface area contributed by atoms with Gasteiger partial charge in [0.2, 0.25) is 5.95 Å². The lowest BCUT2D eigenvalue weighted by atomic mass is 10.1. The maximum Gasteiger partial charge on any atom is 0.277 e. The molecule has 2 aromatic heterocycles. The fourth-order valence-corrected chi connectivity index (χ4v) is 3.43. The zero-order valence-corrected chi connectivity index (χ0v) is 15.4. The first-order chi connectivity index (χ1) is 13.1. The number of carbonyl (C=O) groups is 1. The molecule has 0 fully saturated rings. The van der Waals surface area contributed by atoms with E-state index in [0.29, 0.717) is 18.2 Å². The van der Waals surface area contributed by atoms with Crippen molar-refractivity contribution in [3.63, 3.8) is 0 Å². The predicted molar refractivity (Wildman–Crippen MR) is 105 cm³/mol. The van der Waals surface area contributed by atoms with Gasteiger partial charge in [-0.1, -0.05) is 24.3 Å². The van der Waals surface area contributed by atoms with Gasteiger partial charge in [0, 0.05) is 23.6 Å². The number of hydrogen-bond acceptors (Lipinski definition) is 5. The molecule has 4 rings (SSSR count). The fraction of sp³-hybridized carbons (Fsp3) is 0.238. The summed E-state index contributed by atoms with van der Waals surface area (Å²) < 4.78 is 0. The van der Waals surface area contributed by atoms with Crippen LogP contribution in [0.2, 0.25) is 0 Å². The first kappa shape index (κ1) is 17.1. The molecule has 1 aliphatic heterocycles. The number of carbonyl (C=O) groups excluding carboxylic acids is 1. The van der Waals surface area contributed by atoms with Crippen molar-refractivity contribution in [3.05, 3.63) is 77.4 Å². The van der Waals surface area contributed by atoms with Crippen molar-refractivity contribution in [1.29, 1.82) is 0 Å². The van der Waals surface area contributed by atoms with Crippen molar-refractivity contribution in [2.75, 3.05) is 10.2 Å². The number of nitrogens with one attached hydrogen (secondary N) is 1. The fourth-order valence-electron chi connectivity index (χ4n) is 3.43. The van der Waals surface area contributed by atoms with E-state index in [1.165, 1.54) is 5.56 Å². The smallest absolute Gasteiger partial charge is 0.277 e. The molecule has 1 aromatic carbocycles. The summed E-state index contributed by atoms with van der Waals surface area (Å²) in [6, 6.07) is 15.6. The molecule has 6 nitrogen and oxygen atoms in total. The lowest BCUT2D eigenvalue weighted by Gasteiger charge is -2.22. The van der Waals surface area contributed by atoms with E-state index in [9.17, 15) is 4.79 Å². The van der Waals surface area contributed by atoms with Gasteiger partial charge in [-0.2, -0.15) is 0 Å². The Hall–Kier alpha value is -3.28. The van der Waals surface area contributed by atoms with E-state index in [1.54, 1.807) is 12.3 Å². The Balaban J connectivity index is 1.58. The number of pyridine rings is 1. The van der Waals surface area contributed by atoms with Crippen molar-refractivity contribution in [3.8, 4) is 0 Å². The van der Waals surface area contributed by atoms with Gasteiger partial charge in [-0.25, -0.2) is 9.97 Å². The highest BCUT2D eigenvalue weighted by molar-refractivity contribution is 6.06. The highest BCUT2D eigenvalue weighted by atomic mass is 16.2. The summed E-state index contributed by atoms with van der Waals surface area (Å²) in [6.45, 7) is 4.43. The Labute approximate surface area is 158 Å². The molecule has 0 bridgehead atoms. The minimum atomic E-state index is -0.0983. The summed E-state index contributed by atoms with van der Waals surface area (Å²) in [4.78, 5) is 28.2. The molecule has 27 heavy (non-hydrogen) atoms. The second-order valence-corrected chi connectivity index (χ2v) is 6.75. The first-order valence-corrected chi connectivity index (χ1v) is 9.03. The summed E-state index contributed by atoms with van der Waals surface area (Å²) >= 11 is 0. The summed E-state index contributed by atoms with van der Waals surface area (Å²) in [5, 5.41) is 3.16. The molecule has 1 unspecified atom stereocenters. The van der Waals surface area contributed by atoms with E-state index in [-0.39, 0.29) is 11.9 Å². The number of aromatic nitrogens is 3. The van der Waals surface area contributed by atoms with Crippen molar-refractivity contribution in [2.45, 2.75) is 32.9 Å². The molecule has 0 saturated carbocycles. The minimum absolute atomic E-state index is 0.0983. The van der Waals surface area contributed by atoms with E-state index in [0.717, 1.165) is 23.5 Å². The average molecular weight is 359 g/mol. The molecule has 136 valence electrons. The van der Waals surface area contributed by atoms with Crippen LogP contribution in [0.4, 0.5) is 11.6 Å². The number of hydrogen-bond donors (Lipinski definition) is 1. The molecule has 1 N–H and O–H groups in total. The number of aryl methyl sites for hydroxylation is 1. The number of amides is 1. The molecule has 0 aliphatic carbocycles. The van der Waals surface area contributed by atoms with E-state index in [1.807, 2.05) is 48.2 Å². The van der Waals surface area contributed by atoms with Crippen LogP contribution in [-0.4, -0.2) is 26.9 Å². The highest BCUT2D eigenvalue weighted by Crippen LogP contribution is 2.32. The summed E-state index contributed by atoms with van der Waals surface area (Å²) in [5.41, 5.74) is 4.19. The third-order valence-electron chi connectivity index (χ3n) is 4.65. The third-order valence-corrected chi connectivity index (χ3v) is 4.65. The molecule has 0 spiro atoms. The molecule has 0 radical (unpaired) electrons. The van der Waals surface area contributed by atoms with Crippen LogP contribution >= 0.6 is 0 Å². The van der Waals surface area contributed by atoms with Crippen LogP contribution in [0, 0.1) is 6.92 Å². The third kappa shape index (κ3) is 3.51. The van der Waals surface area contributed by atoms with Crippen molar-refractivity contribution < 1.29 is 4.79 Å². The maximum absolute atomic E-state index is 13.2. The van der Waals surface area contributed by atoms with Crippen LogP contribution in [0.5, 0.6) is 0 Å². The Bertz CT molecular complexity index is 973. The molecular weight excluding hydrogens is 338 g/mol. The van der Waals surface area contributed by atoms with Gasteiger partial charge in [-0.05, 0) is 50.1 Å². The normalized spacial score (nSPS) is 15.5. The number of benzene rings is 1. The Morgan fingerprint density at radius 1 is 1.19 bits per heavy atom. The molecular formula is C21H21N5O. The zero-order valence-electron chi connectivity index (χ0n) is 15.4. The molecule has 0 saturated heterocycles. The van der Waals surface area contributed by atoms with Crippen LogP contribution in [0.3, 0.4) is 0 Å². The van der Waals surface area contributed by atoms with E-state index >= 15 is 0 Å². The van der Waals surface area contributed by atoms with Crippen LogP contribution < -0.4 is 10.2 Å². The van der Waals surface area contributed by atoms with E-state index < -0.39 is 0 Å². The quantitative estimate of drug-likeness (QED) is 0.773. The Morgan fingerprint density at radius 2 is 2.00 bits per heavy atom. The molecule has 1 atom stereocenters. The zero-order chi connectivity index (χ0) is 18.8. The predicted octanol–water partition coefficient (Wildman–Crippen LogP) is 3.38. The number of anilines is 2. The maximum atomic E-state index is 13.2. The monoisotopic (exact) mass is 359 g/mol. The largest absolute Gasteiger partial charge is 0.349 e. The van der Waals surface area contributed by atoms with Gasteiger partial charge in [-0.15, -0.1) is 0 Å². The molecule has 3 heterocycles. The van der Waals surface area contributed by atoms with Crippen LogP contribution in [0.15, 0.2) is 54.7 Å². The highest BCUT2D eigenvalue weighted by Gasteiger charge is 2.32. The lowest BCUT2D eigenvalue weighted by molar-refractivity contribution is 0.0976. The van der Waals surface area contributed by atoms with E-state index in [2.05, 4.69) is 33.3 Å². The lowest BCUT2D eigenvalue weighted by Crippen LogP contribution is -2.36. The summed E-state index contributed by atoms with van der Waals surface area (Å²) in [5.74, 6) is 0.336. The van der Waals surface area contributed by atoms with Crippen LogP contribution in [-0.2, 0) is 13.0 Å². The molecule has 6 heteroatoms. The van der Waals surface area contributed by atoms with Gasteiger partial charge < -0.3 is 10.2 Å². The van der Waals surface area contributed by atoms with Gasteiger partial charge in [-0.3, -0.25) is 9.78 Å². The summed E-state index contributed by atoms with van der Waals surface area (Å²) in [7, 11) is 0. The molecule has 3 aromatic rings. The molecule has 1 aliphatic rings. The Morgan fingerprint density at radius 3 is 2.81 bits per heavy atom.